The predicted octanol–water partition coefficient (Wildman–Crippen LogP) is 2.31. The maximum Gasteiger partial charge on any atom is 0.323 e. The molecular formula is C16H19N3O5. The number of nitro benzene ring substituents is 1. The number of hydrogen-bond donors (Lipinski definition) is 1. The lowest BCUT2D eigenvalue weighted by Crippen LogP contribution is -2.41. The van der Waals surface area contributed by atoms with Gasteiger partial charge in [0.25, 0.3) is 5.69 Å². The van der Waals surface area contributed by atoms with E-state index in [-0.39, 0.29) is 29.1 Å². The fourth-order valence-corrected chi connectivity index (χ4v) is 2.35. The zero-order chi connectivity index (χ0) is 18.5. The fourth-order valence-electron chi connectivity index (χ4n) is 2.35. The van der Waals surface area contributed by atoms with Crippen LogP contribution in [-0.2, 0) is 19.7 Å². The van der Waals surface area contributed by atoms with Crippen molar-refractivity contribution in [3.05, 3.63) is 33.4 Å². The highest BCUT2D eigenvalue weighted by atomic mass is 16.6. The minimum atomic E-state index is -1.72. The minimum Gasteiger partial charge on any atom is -0.465 e. The van der Waals surface area contributed by atoms with Gasteiger partial charge in [-0.05, 0) is 39.3 Å². The molecule has 128 valence electrons. The molecule has 0 bridgehead atoms. The molecule has 0 saturated heterocycles. The number of Topliss-reactive ketones (excluding diaryl/α,β-unsaturated/α-hetero) is 1. The molecule has 1 atom stereocenters. The first-order chi connectivity index (χ1) is 11.2. The van der Waals surface area contributed by atoms with E-state index in [1.807, 2.05) is 6.07 Å². The molecule has 8 nitrogen and oxygen atoms in total. The highest BCUT2D eigenvalue weighted by molar-refractivity contribution is 6.09. The van der Waals surface area contributed by atoms with Gasteiger partial charge in [-0.25, -0.2) is 0 Å². The monoisotopic (exact) mass is 333 g/mol. The van der Waals surface area contributed by atoms with Crippen molar-refractivity contribution in [3.8, 4) is 6.07 Å². The molecule has 0 aliphatic carbocycles. The molecule has 24 heavy (non-hydrogen) atoms. The zero-order valence-corrected chi connectivity index (χ0v) is 14.0. The Morgan fingerprint density at radius 3 is 2.46 bits per heavy atom. The van der Waals surface area contributed by atoms with Crippen LogP contribution in [0.4, 0.5) is 11.4 Å². The maximum absolute atomic E-state index is 12.4. The molecule has 8 heteroatoms. The number of hydrogen-bond acceptors (Lipinski definition) is 7. The number of benzene rings is 1. The second-order valence-electron chi connectivity index (χ2n) is 5.18. The van der Waals surface area contributed by atoms with Gasteiger partial charge in [-0.2, -0.15) is 5.26 Å². The van der Waals surface area contributed by atoms with Crippen LogP contribution in [0.2, 0.25) is 0 Å². The first-order valence-electron chi connectivity index (χ1n) is 7.39. The van der Waals surface area contributed by atoms with Gasteiger partial charge in [-0.15, -0.1) is 0 Å². The van der Waals surface area contributed by atoms with Crippen LogP contribution in [-0.4, -0.2) is 29.8 Å². The van der Waals surface area contributed by atoms with Crippen LogP contribution >= 0.6 is 0 Å². The van der Waals surface area contributed by atoms with Gasteiger partial charge in [0.05, 0.1) is 17.1 Å². The van der Waals surface area contributed by atoms with Gasteiger partial charge >= 0.3 is 5.97 Å². The number of rotatable bonds is 7. The summed E-state index contributed by atoms with van der Waals surface area (Å²) in [6.07, 6.45) is 0. The van der Waals surface area contributed by atoms with E-state index in [0.717, 1.165) is 0 Å². The van der Waals surface area contributed by atoms with Crippen LogP contribution < -0.4 is 5.32 Å². The number of nitro groups is 1. The molecule has 0 aliphatic heterocycles. The van der Waals surface area contributed by atoms with E-state index in [4.69, 9.17) is 4.74 Å². The molecule has 0 radical (unpaired) electrons. The largest absolute Gasteiger partial charge is 0.465 e. The highest BCUT2D eigenvalue weighted by Crippen LogP contribution is 2.37. The molecule has 0 fully saturated rings. The van der Waals surface area contributed by atoms with Crippen LogP contribution in [0.15, 0.2) is 12.1 Å². The van der Waals surface area contributed by atoms with Gasteiger partial charge in [-0.1, -0.05) is 0 Å². The summed E-state index contributed by atoms with van der Waals surface area (Å²) in [6, 6.07) is 4.31. The smallest absolute Gasteiger partial charge is 0.323 e. The Morgan fingerprint density at radius 2 is 2.04 bits per heavy atom. The molecule has 0 heterocycles. The normalized spacial score (nSPS) is 12.6. The second-order valence-corrected chi connectivity index (χ2v) is 5.18. The van der Waals surface area contributed by atoms with Gasteiger partial charge < -0.3 is 10.1 Å². The highest BCUT2D eigenvalue weighted by Gasteiger charge is 2.44. The summed E-state index contributed by atoms with van der Waals surface area (Å²) in [6.45, 7) is 6.28. The average Bonchev–Trinajstić information content (AvgIpc) is 2.53. The summed E-state index contributed by atoms with van der Waals surface area (Å²) >= 11 is 0. The lowest BCUT2D eigenvalue weighted by Gasteiger charge is -2.26. The summed E-state index contributed by atoms with van der Waals surface area (Å²) in [7, 11) is 0. The average molecular weight is 333 g/mol. The van der Waals surface area contributed by atoms with Gasteiger partial charge in [0, 0.05) is 12.6 Å². The first-order valence-corrected chi connectivity index (χ1v) is 7.39. The zero-order valence-electron chi connectivity index (χ0n) is 14.0. The SMILES string of the molecule is CCNc1c([N+](=O)[O-])ccc(C(C)(C(C)=O)C(=O)OCC)c1C#N. The van der Waals surface area contributed by atoms with Crippen molar-refractivity contribution in [2.24, 2.45) is 0 Å². The number of nitrogens with one attached hydrogen (secondary N) is 1. The molecule has 0 spiro atoms. The third kappa shape index (κ3) is 3.20. The Hall–Kier alpha value is -2.95. The summed E-state index contributed by atoms with van der Waals surface area (Å²) in [5.41, 5.74) is -2.07. The lowest BCUT2D eigenvalue weighted by atomic mass is 9.76. The number of ketones is 1. The number of carbonyl (C=O) groups excluding carboxylic acids is 2. The van der Waals surface area contributed by atoms with E-state index < -0.39 is 22.1 Å². The van der Waals surface area contributed by atoms with E-state index in [1.54, 1.807) is 13.8 Å². The van der Waals surface area contributed by atoms with Crippen molar-refractivity contribution in [2.75, 3.05) is 18.5 Å². The van der Waals surface area contributed by atoms with E-state index in [1.165, 1.54) is 26.0 Å². The first kappa shape index (κ1) is 19.1. The maximum atomic E-state index is 12.4. The minimum absolute atomic E-state index is 0.0146. The number of anilines is 1. The summed E-state index contributed by atoms with van der Waals surface area (Å²) in [5.74, 6) is -1.32. The van der Waals surface area contributed by atoms with Crippen LogP contribution in [0.3, 0.4) is 0 Å². The molecule has 0 aromatic heterocycles. The van der Waals surface area contributed by atoms with Gasteiger partial charge in [0.15, 0.2) is 5.78 Å². The second kappa shape index (κ2) is 7.55. The molecule has 1 N–H and O–H groups in total. The molecule has 0 saturated carbocycles. The molecule has 1 rings (SSSR count). The van der Waals surface area contributed by atoms with Gasteiger partial charge in [0.2, 0.25) is 0 Å². The van der Waals surface area contributed by atoms with Crippen molar-refractivity contribution in [2.45, 2.75) is 33.1 Å². The summed E-state index contributed by atoms with van der Waals surface area (Å²) in [5, 5.41) is 23.5. The Balaban J connectivity index is 3.77. The van der Waals surface area contributed by atoms with E-state index in [2.05, 4.69) is 5.32 Å². The van der Waals surface area contributed by atoms with Crippen molar-refractivity contribution in [1.82, 2.24) is 0 Å². The molecular weight excluding hydrogens is 314 g/mol. The van der Waals surface area contributed by atoms with Crippen molar-refractivity contribution >= 4 is 23.1 Å². The topological polar surface area (TPSA) is 122 Å². The Bertz CT molecular complexity index is 723. The molecule has 1 aromatic rings. The van der Waals surface area contributed by atoms with Crippen molar-refractivity contribution < 1.29 is 19.2 Å². The quantitative estimate of drug-likeness (QED) is 0.351. The van der Waals surface area contributed by atoms with E-state index in [9.17, 15) is 25.0 Å². The summed E-state index contributed by atoms with van der Waals surface area (Å²) < 4.78 is 4.98. The van der Waals surface area contributed by atoms with Crippen LogP contribution in [0.25, 0.3) is 0 Å². The fraction of sp³-hybridized carbons (Fsp3) is 0.438. The Labute approximate surface area is 139 Å². The van der Waals surface area contributed by atoms with Crippen LogP contribution in [0, 0.1) is 21.4 Å². The summed E-state index contributed by atoms with van der Waals surface area (Å²) in [4.78, 5) is 35.1. The number of nitriles is 1. The van der Waals surface area contributed by atoms with E-state index in [0.29, 0.717) is 6.54 Å². The van der Waals surface area contributed by atoms with Crippen LogP contribution in [0.1, 0.15) is 38.8 Å². The third-order valence-electron chi connectivity index (χ3n) is 3.77. The van der Waals surface area contributed by atoms with Crippen molar-refractivity contribution in [3.63, 3.8) is 0 Å². The standard InChI is InChI=1S/C16H19N3O5/c1-5-18-14-11(9-17)12(7-8-13(14)19(22)23)16(4,10(3)20)15(21)24-6-2/h7-8,18H,5-6H2,1-4H3. The van der Waals surface area contributed by atoms with E-state index >= 15 is 0 Å². The predicted molar refractivity (Wildman–Crippen MR) is 86.6 cm³/mol. The van der Waals surface area contributed by atoms with Crippen LogP contribution in [0.5, 0.6) is 0 Å². The third-order valence-corrected chi connectivity index (χ3v) is 3.77. The molecule has 0 aliphatic rings. The Morgan fingerprint density at radius 1 is 1.42 bits per heavy atom. The lowest BCUT2D eigenvalue weighted by molar-refractivity contribution is -0.384. The van der Waals surface area contributed by atoms with Crippen molar-refractivity contribution in [1.29, 1.82) is 5.26 Å². The number of esters is 1. The molecule has 0 amide bonds. The number of nitrogens with zero attached hydrogens (tertiary/aromatic N) is 2. The Kier molecular flexibility index (Phi) is 6.01. The molecule has 1 unspecified atom stereocenters. The number of carbonyl (C=O) groups is 2. The van der Waals surface area contributed by atoms with Gasteiger partial charge in [0.1, 0.15) is 17.2 Å². The molecule has 1 aromatic carbocycles. The van der Waals surface area contributed by atoms with Gasteiger partial charge in [-0.3, -0.25) is 19.7 Å². The number of ether oxygens (including phenoxy) is 1.